The van der Waals surface area contributed by atoms with Crippen LogP contribution in [0, 0.1) is 11.3 Å². The topological polar surface area (TPSA) is 128 Å². The molecule has 0 aliphatic carbocycles. The third-order valence-corrected chi connectivity index (χ3v) is 7.74. The van der Waals surface area contributed by atoms with Gasteiger partial charge in [0.2, 0.25) is 0 Å². The highest BCUT2D eigenvalue weighted by Crippen LogP contribution is 2.44. The first-order valence-electron chi connectivity index (χ1n) is 12.8. The van der Waals surface area contributed by atoms with Gasteiger partial charge in [0, 0.05) is 22.2 Å². The van der Waals surface area contributed by atoms with Crippen LogP contribution in [0.2, 0.25) is 0 Å². The Labute approximate surface area is 246 Å². The largest absolute Gasteiger partial charge is 0.497 e. The molecule has 0 radical (unpaired) electrons. The van der Waals surface area contributed by atoms with Crippen LogP contribution in [-0.2, 0) is 19.1 Å². The Morgan fingerprint density at radius 2 is 1.64 bits per heavy atom. The number of thiazole rings is 1. The molecule has 4 aromatic rings. The molecule has 2 N–H and O–H groups in total. The SMILES string of the molecule is COC(=O)C1=C(C(=O)OC)N(c2cccc(-c3nc(-c4ccc(OC)cc4)cs3)c2)C(N)=C(C#N)C1c1ccccc1. The number of methoxy groups -OCH3 is 3. The van der Waals surface area contributed by atoms with Crippen molar-refractivity contribution < 1.29 is 23.8 Å². The molecule has 3 aromatic carbocycles. The number of ether oxygens (including phenoxy) is 3. The molecular weight excluding hydrogens is 552 g/mol. The molecule has 0 amide bonds. The first-order chi connectivity index (χ1) is 20.4. The molecule has 42 heavy (non-hydrogen) atoms. The van der Waals surface area contributed by atoms with Gasteiger partial charge in [0.15, 0.2) is 0 Å². The van der Waals surface area contributed by atoms with Gasteiger partial charge in [-0.2, -0.15) is 5.26 Å². The molecule has 9 nitrogen and oxygen atoms in total. The zero-order valence-corrected chi connectivity index (χ0v) is 23.8. The van der Waals surface area contributed by atoms with E-state index in [1.807, 2.05) is 41.8 Å². The van der Waals surface area contributed by atoms with Crippen LogP contribution in [0.4, 0.5) is 5.69 Å². The van der Waals surface area contributed by atoms with Crippen molar-refractivity contribution in [3.63, 3.8) is 0 Å². The van der Waals surface area contributed by atoms with Crippen molar-refractivity contribution in [1.29, 1.82) is 5.26 Å². The summed E-state index contributed by atoms with van der Waals surface area (Å²) in [7, 11) is 4.05. The summed E-state index contributed by atoms with van der Waals surface area (Å²) in [4.78, 5) is 32.8. The van der Waals surface area contributed by atoms with Gasteiger partial charge < -0.3 is 19.9 Å². The summed E-state index contributed by atoms with van der Waals surface area (Å²) < 4.78 is 15.5. The van der Waals surface area contributed by atoms with Crippen LogP contribution in [0.5, 0.6) is 5.75 Å². The monoisotopic (exact) mass is 578 g/mol. The Bertz CT molecular complexity index is 1750. The van der Waals surface area contributed by atoms with E-state index >= 15 is 0 Å². The highest BCUT2D eigenvalue weighted by molar-refractivity contribution is 7.13. The van der Waals surface area contributed by atoms with Gasteiger partial charge in [-0.1, -0.05) is 42.5 Å². The van der Waals surface area contributed by atoms with E-state index in [0.29, 0.717) is 11.3 Å². The first kappa shape index (κ1) is 28.1. The van der Waals surface area contributed by atoms with Gasteiger partial charge >= 0.3 is 11.9 Å². The summed E-state index contributed by atoms with van der Waals surface area (Å²) in [5, 5.41) is 12.9. The van der Waals surface area contributed by atoms with E-state index in [0.717, 1.165) is 27.6 Å². The molecule has 210 valence electrons. The lowest BCUT2D eigenvalue weighted by atomic mass is 9.81. The van der Waals surface area contributed by atoms with Gasteiger partial charge in [-0.25, -0.2) is 14.6 Å². The van der Waals surface area contributed by atoms with Crippen LogP contribution in [0.15, 0.2) is 107 Å². The number of nitrogens with zero attached hydrogens (tertiary/aromatic N) is 3. The fourth-order valence-corrected chi connectivity index (χ4v) is 5.69. The Morgan fingerprint density at radius 1 is 0.929 bits per heavy atom. The van der Waals surface area contributed by atoms with Crippen LogP contribution in [0.25, 0.3) is 21.8 Å². The van der Waals surface area contributed by atoms with Gasteiger partial charge in [0.1, 0.15) is 22.3 Å². The number of nitrogens with two attached hydrogens (primary N) is 1. The average Bonchev–Trinajstić information content (AvgIpc) is 3.54. The van der Waals surface area contributed by atoms with E-state index in [2.05, 4.69) is 6.07 Å². The average molecular weight is 579 g/mol. The molecule has 0 spiro atoms. The predicted molar refractivity (Wildman–Crippen MR) is 159 cm³/mol. The number of carbonyl (C=O) groups is 2. The third-order valence-electron chi connectivity index (χ3n) is 6.85. The summed E-state index contributed by atoms with van der Waals surface area (Å²) in [6, 6.07) is 25.8. The molecule has 1 aliphatic heterocycles. The number of aromatic nitrogens is 1. The molecule has 0 saturated carbocycles. The molecule has 10 heteroatoms. The Morgan fingerprint density at radius 3 is 2.29 bits per heavy atom. The van der Waals surface area contributed by atoms with Gasteiger partial charge in [0.25, 0.3) is 0 Å². The van der Waals surface area contributed by atoms with Gasteiger partial charge in [0.05, 0.1) is 50.2 Å². The number of nitriles is 1. The molecule has 0 saturated heterocycles. The van der Waals surface area contributed by atoms with E-state index in [1.54, 1.807) is 49.6 Å². The zero-order valence-electron chi connectivity index (χ0n) is 23.0. The number of anilines is 1. The van der Waals surface area contributed by atoms with Crippen LogP contribution in [-0.4, -0.2) is 38.3 Å². The van der Waals surface area contributed by atoms with E-state index < -0.39 is 17.9 Å². The Hall–Kier alpha value is -5.40. The summed E-state index contributed by atoms with van der Waals surface area (Å²) in [5.74, 6) is -1.79. The maximum absolute atomic E-state index is 13.3. The maximum Gasteiger partial charge on any atom is 0.355 e. The molecular formula is C32H26N4O5S. The van der Waals surface area contributed by atoms with Crippen LogP contribution < -0.4 is 15.4 Å². The molecule has 1 atom stereocenters. The summed E-state index contributed by atoms with van der Waals surface area (Å²) >= 11 is 1.45. The standard InChI is InChI=1S/C32H26N4O5S/c1-39-23-14-12-19(13-15-23)25-18-42-30(35-25)21-10-7-11-22(16-21)36-28(32(38)41-3)27(31(37)40-2)26(24(17-33)29(36)34)20-8-5-4-6-9-20/h4-16,18,26H,34H2,1-3H3. The minimum Gasteiger partial charge on any atom is -0.497 e. The van der Waals surface area contributed by atoms with Crippen LogP contribution >= 0.6 is 11.3 Å². The minimum absolute atomic E-state index is 0.00498. The quantitative estimate of drug-likeness (QED) is 0.287. The molecule has 0 fully saturated rings. The van der Waals surface area contributed by atoms with Crippen molar-refractivity contribution in [1.82, 2.24) is 4.98 Å². The molecule has 1 unspecified atom stereocenters. The second kappa shape index (κ2) is 12.0. The first-order valence-corrected chi connectivity index (χ1v) is 13.7. The van der Waals surface area contributed by atoms with Gasteiger partial charge in [-0.3, -0.25) is 4.90 Å². The summed E-state index contributed by atoms with van der Waals surface area (Å²) in [6.45, 7) is 0. The van der Waals surface area contributed by atoms with E-state index in [-0.39, 0.29) is 22.7 Å². The van der Waals surface area contributed by atoms with Gasteiger partial charge in [-0.15, -0.1) is 11.3 Å². The third kappa shape index (κ3) is 5.09. The Balaban J connectivity index is 1.65. The highest BCUT2D eigenvalue weighted by atomic mass is 32.1. The number of carbonyl (C=O) groups excluding carboxylic acids is 2. The lowest BCUT2D eigenvalue weighted by Gasteiger charge is -2.36. The smallest absolute Gasteiger partial charge is 0.355 e. The highest BCUT2D eigenvalue weighted by Gasteiger charge is 2.43. The maximum atomic E-state index is 13.3. The zero-order chi connectivity index (χ0) is 29.8. The minimum atomic E-state index is -0.941. The van der Waals surface area contributed by atoms with Crippen molar-refractivity contribution in [2.75, 3.05) is 26.2 Å². The summed E-state index contributed by atoms with van der Waals surface area (Å²) in [6.07, 6.45) is 0. The normalized spacial score (nSPS) is 14.8. The number of benzene rings is 3. The fraction of sp³-hybridized carbons (Fsp3) is 0.125. The number of esters is 2. The molecule has 0 bridgehead atoms. The molecule has 1 aliphatic rings. The lowest BCUT2D eigenvalue weighted by molar-refractivity contribution is -0.139. The second-order valence-corrected chi connectivity index (χ2v) is 10.0. The molecule has 2 heterocycles. The molecule has 5 rings (SSSR count). The van der Waals surface area contributed by atoms with Crippen molar-refractivity contribution in [3.8, 4) is 33.6 Å². The van der Waals surface area contributed by atoms with E-state index in [4.69, 9.17) is 24.9 Å². The van der Waals surface area contributed by atoms with E-state index in [9.17, 15) is 14.9 Å². The van der Waals surface area contributed by atoms with Crippen molar-refractivity contribution in [3.05, 3.63) is 112 Å². The van der Waals surface area contributed by atoms with Crippen molar-refractivity contribution in [2.45, 2.75) is 5.92 Å². The number of allylic oxidation sites excluding steroid dienone is 1. The fourth-order valence-electron chi connectivity index (χ4n) is 4.86. The van der Waals surface area contributed by atoms with Crippen LogP contribution in [0.1, 0.15) is 11.5 Å². The summed E-state index contributed by atoms with van der Waals surface area (Å²) in [5.41, 5.74) is 10.1. The van der Waals surface area contributed by atoms with Gasteiger partial charge in [-0.05, 0) is 42.0 Å². The van der Waals surface area contributed by atoms with Crippen LogP contribution in [0.3, 0.4) is 0 Å². The number of hydrogen-bond acceptors (Lipinski definition) is 10. The predicted octanol–water partition coefficient (Wildman–Crippen LogP) is 5.38. The van der Waals surface area contributed by atoms with E-state index in [1.165, 1.54) is 30.5 Å². The Kier molecular flexibility index (Phi) is 8.04. The number of rotatable bonds is 7. The van der Waals surface area contributed by atoms with Crippen molar-refractivity contribution in [2.24, 2.45) is 5.73 Å². The second-order valence-electron chi connectivity index (χ2n) is 9.15. The van der Waals surface area contributed by atoms with Crippen molar-refractivity contribution >= 4 is 29.0 Å². The molecule has 1 aromatic heterocycles. The number of hydrogen-bond donors (Lipinski definition) is 1. The lowest BCUT2D eigenvalue weighted by Crippen LogP contribution is -2.40.